The van der Waals surface area contributed by atoms with Crippen LogP contribution >= 0.6 is 0 Å². The molecule has 46 heavy (non-hydrogen) atoms. The van der Waals surface area contributed by atoms with Crippen LogP contribution in [0.1, 0.15) is 53.4 Å². The number of rotatable bonds is 19. The van der Waals surface area contributed by atoms with Crippen molar-refractivity contribution in [3.05, 3.63) is 0 Å². The van der Waals surface area contributed by atoms with E-state index in [0.717, 1.165) is 4.90 Å². The fourth-order valence-electron chi connectivity index (χ4n) is 4.75. The number of amides is 6. The van der Waals surface area contributed by atoms with E-state index in [9.17, 15) is 43.8 Å². The minimum absolute atomic E-state index is 0.0605. The number of hydrogen-bond acceptors (Lipinski definition) is 11. The quantitative estimate of drug-likeness (QED) is 0.0628. The van der Waals surface area contributed by atoms with Crippen molar-refractivity contribution in [2.45, 2.75) is 89.6 Å². The molecule has 262 valence electrons. The van der Waals surface area contributed by atoms with E-state index >= 15 is 0 Å². The predicted molar refractivity (Wildman–Crippen MR) is 161 cm³/mol. The highest BCUT2D eigenvalue weighted by Gasteiger charge is 2.39. The van der Waals surface area contributed by atoms with Crippen LogP contribution in [0.4, 0.5) is 0 Å². The first-order chi connectivity index (χ1) is 21.6. The Bertz CT molecular complexity index is 1090. The van der Waals surface area contributed by atoms with E-state index in [0.29, 0.717) is 6.42 Å². The van der Waals surface area contributed by atoms with E-state index in [1.807, 2.05) is 0 Å². The maximum Gasteiger partial charge on any atom is 0.322 e. The fourth-order valence-corrected chi connectivity index (χ4v) is 4.75. The first-order valence-corrected chi connectivity index (χ1v) is 15.2. The Balaban J connectivity index is 3.03. The van der Waals surface area contributed by atoms with Crippen LogP contribution in [0, 0.1) is 11.8 Å². The summed E-state index contributed by atoms with van der Waals surface area (Å²) in [6.07, 6.45) is 0.882. The Morgan fingerprint density at radius 2 is 1.17 bits per heavy atom. The lowest BCUT2D eigenvalue weighted by Gasteiger charge is -2.29. The predicted octanol–water partition coefficient (Wildman–Crippen LogP) is -4.49. The van der Waals surface area contributed by atoms with Gasteiger partial charge in [0.05, 0.1) is 19.8 Å². The molecule has 0 spiro atoms. The number of hydrogen-bond donors (Lipinski definition) is 10. The summed E-state index contributed by atoms with van der Waals surface area (Å²) in [4.78, 5) is 89.3. The van der Waals surface area contributed by atoms with Gasteiger partial charge in [-0.3, -0.25) is 33.6 Å². The van der Waals surface area contributed by atoms with Crippen molar-refractivity contribution in [1.29, 1.82) is 0 Å². The molecule has 0 bridgehead atoms. The fraction of sp³-hybridized carbons (Fsp3) is 0.750. The second-order valence-corrected chi connectivity index (χ2v) is 12.0. The van der Waals surface area contributed by atoms with Crippen molar-refractivity contribution in [1.82, 2.24) is 31.5 Å². The normalized spacial score (nSPS) is 17.8. The molecule has 18 nitrogen and oxygen atoms in total. The van der Waals surface area contributed by atoms with Gasteiger partial charge in [0.1, 0.15) is 42.8 Å². The number of aliphatic hydroxyl groups excluding tert-OH is 3. The molecule has 0 aromatic heterocycles. The van der Waals surface area contributed by atoms with E-state index < -0.39 is 104 Å². The van der Waals surface area contributed by atoms with Gasteiger partial charge in [-0.15, -0.1) is 0 Å². The van der Waals surface area contributed by atoms with Crippen LogP contribution in [-0.4, -0.2) is 136 Å². The van der Waals surface area contributed by atoms with Gasteiger partial charge < -0.3 is 57.6 Å². The first kappa shape index (κ1) is 40.2. The van der Waals surface area contributed by atoms with Crippen LogP contribution in [0.5, 0.6) is 0 Å². The number of carboxylic acids is 1. The van der Waals surface area contributed by atoms with Crippen LogP contribution < -0.4 is 32.3 Å². The summed E-state index contributed by atoms with van der Waals surface area (Å²) in [5.74, 6) is -6.39. The van der Waals surface area contributed by atoms with E-state index in [4.69, 9.17) is 15.9 Å². The van der Waals surface area contributed by atoms with Gasteiger partial charge in [0, 0.05) is 6.54 Å². The zero-order valence-electron chi connectivity index (χ0n) is 26.7. The Kier molecular flexibility index (Phi) is 17.1. The lowest BCUT2D eigenvalue weighted by atomic mass is 10.0. The number of aliphatic hydroxyl groups is 3. The molecule has 0 aromatic rings. The maximum atomic E-state index is 13.3. The van der Waals surface area contributed by atoms with E-state index in [1.165, 1.54) is 0 Å². The maximum absolute atomic E-state index is 13.3. The molecule has 11 N–H and O–H groups in total. The second kappa shape index (κ2) is 19.6. The highest BCUT2D eigenvalue weighted by Crippen LogP contribution is 2.19. The molecule has 1 aliphatic heterocycles. The molecule has 0 unspecified atom stereocenters. The number of carbonyl (C=O) groups is 7. The number of carbonyl (C=O) groups excluding carboxylic acids is 6. The zero-order valence-corrected chi connectivity index (χ0v) is 26.7. The van der Waals surface area contributed by atoms with E-state index in [1.54, 1.807) is 27.7 Å². The third-order valence-electron chi connectivity index (χ3n) is 7.08. The largest absolute Gasteiger partial charge is 0.480 e. The number of nitrogens with one attached hydrogen (secondary N) is 5. The summed E-state index contributed by atoms with van der Waals surface area (Å²) in [6.45, 7) is 4.19. The van der Waals surface area contributed by atoms with Gasteiger partial charge in [-0.2, -0.15) is 0 Å². The molecule has 0 radical (unpaired) electrons. The van der Waals surface area contributed by atoms with E-state index in [2.05, 4.69) is 26.6 Å². The SMILES string of the molecule is CC(C)C[C@H](NC(=O)[C@H](CO)NC(=O)[C@H](CC(C)C)NC(=O)[C@@H](N)CO)C(=O)N[C@@H](CO)C(=O)N1CCC[C@@H]1C(=O)NCC(=O)O. The third-order valence-corrected chi connectivity index (χ3v) is 7.08. The van der Waals surface area contributed by atoms with Gasteiger partial charge in [0.25, 0.3) is 0 Å². The Morgan fingerprint density at radius 1 is 0.717 bits per heavy atom. The Labute approximate surface area is 267 Å². The third kappa shape index (κ3) is 12.9. The smallest absolute Gasteiger partial charge is 0.322 e. The van der Waals surface area contributed by atoms with Gasteiger partial charge in [-0.05, 0) is 37.5 Å². The average Bonchev–Trinajstić information content (AvgIpc) is 3.49. The van der Waals surface area contributed by atoms with Gasteiger partial charge in [0.15, 0.2) is 0 Å². The number of likely N-dealkylation sites (tertiary alicyclic amines) is 1. The lowest BCUT2D eigenvalue weighted by Crippen LogP contribution is -2.61. The Hall–Kier alpha value is -3.87. The van der Waals surface area contributed by atoms with Crippen LogP contribution in [-0.2, 0) is 33.6 Å². The molecule has 1 saturated heterocycles. The van der Waals surface area contributed by atoms with Crippen molar-refractivity contribution in [3.63, 3.8) is 0 Å². The molecule has 1 rings (SSSR count). The average molecular weight is 660 g/mol. The number of aliphatic carboxylic acids is 1. The first-order valence-electron chi connectivity index (χ1n) is 15.2. The second-order valence-electron chi connectivity index (χ2n) is 12.0. The van der Waals surface area contributed by atoms with Crippen molar-refractivity contribution in [3.8, 4) is 0 Å². The van der Waals surface area contributed by atoms with Crippen molar-refractivity contribution >= 4 is 41.4 Å². The van der Waals surface area contributed by atoms with Gasteiger partial charge in [-0.1, -0.05) is 27.7 Å². The molecule has 1 fully saturated rings. The van der Waals surface area contributed by atoms with Crippen LogP contribution in [0.3, 0.4) is 0 Å². The molecule has 6 atom stereocenters. The summed E-state index contributed by atoms with van der Waals surface area (Å²) in [5.41, 5.74) is 5.52. The molecule has 0 aromatic carbocycles. The topological polar surface area (TPSA) is 290 Å². The van der Waals surface area contributed by atoms with Gasteiger partial charge in [0.2, 0.25) is 35.4 Å². The highest BCUT2D eigenvalue weighted by molar-refractivity contribution is 5.97. The molecule has 18 heteroatoms. The summed E-state index contributed by atoms with van der Waals surface area (Å²) in [5, 5.41) is 49.6. The zero-order chi connectivity index (χ0) is 35.1. The molecular weight excluding hydrogens is 610 g/mol. The minimum atomic E-state index is -1.54. The molecule has 0 saturated carbocycles. The lowest BCUT2D eigenvalue weighted by molar-refractivity contribution is -0.143. The van der Waals surface area contributed by atoms with Crippen molar-refractivity contribution in [2.75, 3.05) is 32.9 Å². The number of nitrogens with two attached hydrogens (primary N) is 1. The number of carboxylic acid groups (broad SMARTS) is 1. The minimum Gasteiger partial charge on any atom is -0.480 e. The van der Waals surface area contributed by atoms with Crippen LogP contribution in [0.15, 0.2) is 0 Å². The van der Waals surface area contributed by atoms with Gasteiger partial charge >= 0.3 is 5.97 Å². The summed E-state index contributed by atoms with van der Waals surface area (Å²) < 4.78 is 0. The summed E-state index contributed by atoms with van der Waals surface area (Å²) in [7, 11) is 0. The highest BCUT2D eigenvalue weighted by atomic mass is 16.4. The molecule has 0 aliphatic carbocycles. The number of nitrogens with zero attached hydrogens (tertiary/aromatic N) is 1. The van der Waals surface area contributed by atoms with Crippen LogP contribution in [0.25, 0.3) is 0 Å². The monoisotopic (exact) mass is 659 g/mol. The van der Waals surface area contributed by atoms with Crippen molar-refractivity contribution < 1.29 is 54.0 Å². The van der Waals surface area contributed by atoms with Gasteiger partial charge in [-0.25, -0.2) is 0 Å². The summed E-state index contributed by atoms with van der Waals surface area (Å²) in [6, 6.07) is -7.75. The summed E-state index contributed by atoms with van der Waals surface area (Å²) >= 11 is 0. The molecule has 1 heterocycles. The molecular formula is C28H49N7O11. The standard InChI is InChI=1S/C28H49N7O11/c1-14(2)8-17(31-23(41)16(29)11-36)24(42)33-19(12-37)26(44)32-18(9-15(3)4)25(43)34-20(13-38)28(46)35-7-5-6-21(35)27(45)30-10-22(39)40/h14-21,36-38H,5-13,29H2,1-4H3,(H,30,45)(H,31,41)(H,32,44)(H,33,42)(H,34,43)(H,39,40)/t16-,17-,18-,19-,20-,21+/m0/s1. The molecule has 1 aliphatic rings. The van der Waals surface area contributed by atoms with E-state index in [-0.39, 0.29) is 37.6 Å². The van der Waals surface area contributed by atoms with Crippen molar-refractivity contribution in [2.24, 2.45) is 17.6 Å². The molecule has 6 amide bonds. The van der Waals surface area contributed by atoms with Crippen LogP contribution in [0.2, 0.25) is 0 Å². The Morgan fingerprint density at radius 3 is 1.63 bits per heavy atom.